The van der Waals surface area contributed by atoms with Crippen molar-refractivity contribution in [3.63, 3.8) is 0 Å². The molecule has 1 fully saturated rings. The van der Waals surface area contributed by atoms with Crippen LogP contribution < -0.4 is 15.4 Å². The van der Waals surface area contributed by atoms with Gasteiger partial charge in [0.15, 0.2) is 0 Å². The van der Waals surface area contributed by atoms with Gasteiger partial charge in [-0.25, -0.2) is 13.1 Å². The van der Waals surface area contributed by atoms with Crippen LogP contribution in [0.5, 0.6) is 0 Å². The smallest absolute Gasteiger partial charge is 0.351 e. The highest BCUT2D eigenvalue weighted by Crippen LogP contribution is 2.30. The summed E-state index contributed by atoms with van der Waals surface area (Å²) in [5, 5.41) is 5.85. The van der Waals surface area contributed by atoms with E-state index in [0.29, 0.717) is 12.6 Å². The first-order valence-electron chi connectivity index (χ1n) is 7.76. The van der Waals surface area contributed by atoms with E-state index in [1.54, 1.807) is 0 Å². The summed E-state index contributed by atoms with van der Waals surface area (Å²) >= 11 is 0. The zero-order valence-corrected chi connectivity index (χ0v) is 15.6. The van der Waals surface area contributed by atoms with Crippen LogP contribution in [0, 0.1) is 5.92 Å². The SMILES string of the molecule is CC1CCNCC1NC(=O)CNS(=O)(=O)c1cccc(C(F)(F)F)c1.Cl. The second-order valence-electron chi connectivity index (χ2n) is 5.99. The van der Waals surface area contributed by atoms with Gasteiger partial charge in [0.05, 0.1) is 17.0 Å². The minimum atomic E-state index is -4.65. The second-order valence-corrected chi connectivity index (χ2v) is 7.76. The normalized spacial score (nSPS) is 20.9. The minimum absolute atomic E-state index is 0. The van der Waals surface area contributed by atoms with Crippen LogP contribution in [-0.4, -0.2) is 40.0 Å². The molecule has 2 unspecified atom stereocenters. The van der Waals surface area contributed by atoms with Gasteiger partial charge < -0.3 is 10.6 Å². The lowest BCUT2D eigenvalue weighted by atomic mass is 9.95. The van der Waals surface area contributed by atoms with Gasteiger partial charge in [-0.3, -0.25) is 4.79 Å². The van der Waals surface area contributed by atoms with E-state index < -0.39 is 39.1 Å². The van der Waals surface area contributed by atoms with Gasteiger partial charge in [-0.05, 0) is 37.1 Å². The Bertz CT molecular complexity index is 728. The van der Waals surface area contributed by atoms with Gasteiger partial charge in [0.25, 0.3) is 0 Å². The Morgan fingerprint density at radius 3 is 2.65 bits per heavy atom. The Hall–Kier alpha value is -1.36. The first-order chi connectivity index (χ1) is 11.6. The fourth-order valence-electron chi connectivity index (χ4n) is 2.52. The topological polar surface area (TPSA) is 87.3 Å². The molecule has 0 aromatic heterocycles. The van der Waals surface area contributed by atoms with Crippen molar-refractivity contribution < 1.29 is 26.4 Å². The van der Waals surface area contributed by atoms with E-state index in [-0.39, 0.29) is 24.4 Å². The molecule has 0 aliphatic carbocycles. The molecule has 0 saturated carbocycles. The molecule has 0 spiro atoms. The third kappa shape index (κ3) is 6.11. The molecule has 3 N–H and O–H groups in total. The molecule has 148 valence electrons. The standard InChI is InChI=1S/C15H20F3N3O3S.ClH/c1-10-5-6-19-8-13(10)21-14(22)9-20-25(23,24)12-4-2-3-11(7-12)15(16,17)18;/h2-4,7,10,13,19-20H,5-6,8-9H2,1H3,(H,21,22);1H. The van der Waals surface area contributed by atoms with Crippen LogP contribution >= 0.6 is 12.4 Å². The van der Waals surface area contributed by atoms with Gasteiger partial charge in [-0.1, -0.05) is 13.0 Å². The summed E-state index contributed by atoms with van der Waals surface area (Å²) in [7, 11) is -4.22. The molecule has 2 rings (SSSR count). The van der Waals surface area contributed by atoms with Crippen molar-refractivity contribution in [1.29, 1.82) is 0 Å². The Kier molecular flexibility index (Phi) is 7.87. The number of carbonyl (C=O) groups is 1. The maximum atomic E-state index is 12.7. The van der Waals surface area contributed by atoms with Gasteiger partial charge >= 0.3 is 6.18 Å². The highest BCUT2D eigenvalue weighted by Gasteiger charge is 2.31. The zero-order chi connectivity index (χ0) is 18.7. The Balaban J connectivity index is 0.00000338. The van der Waals surface area contributed by atoms with Gasteiger partial charge in [0.2, 0.25) is 15.9 Å². The van der Waals surface area contributed by atoms with Crippen molar-refractivity contribution in [3.05, 3.63) is 29.8 Å². The molecule has 1 saturated heterocycles. The number of hydrogen-bond donors (Lipinski definition) is 3. The molecule has 1 aromatic rings. The van der Waals surface area contributed by atoms with Crippen LogP contribution in [0.15, 0.2) is 29.2 Å². The lowest BCUT2D eigenvalue weighted by Crippen LogP contribution is -2.52. The largest absolute Gasteiger partial charge is 0.416 e. The summed E-state index contributed by atoms with van der Waals surface area (Å²) in [5.74, 6) is -0.277. The number of halogens is 4. The third-order valence-electron chi connectivity index (χ3n) is 4.07. The van der Waals surface area contributed by atoms with E-state index >= 15 is 0 Å². The Labute approximate surface area is 156 Å². The first kappa shape index (κ1) is 22.7. The number of benzene rings is 1. The first-order valence-corrected chi connectivity index (χ1v) is 9.25. The van der Waals surface area contributed by atoms with Crippen LogP contribution in [0.25, 0.3) is 0 Å². The highest BCUT2D eigenvalue weighted by molar-refractivity contribution is 7.89. The summed E-state index contributed by atoms with van der Waals surface area (Å²) in [6.45, 7) is 2.89. The van der Waals surface area contributed by atoms with E-state index in [1.807, 2.05) is 11.6 Å². The molecule has 1 aliphatic heterocycles. The molecule has 1 heterocycles. The number of nitrogens with one attached hydrogen (secondary N) is 3. The van der Waals surface area contributed by atoms with Crippen molar-refractivity contribution in [2.45, 2.75) is 30.5 Å². The van der Waals surface area contributed by atoms with Crippen LogP contribution in [0.1, 0.15) is 18.9 Å². The molecule has 26 heavy (non-hydrogen) atoms. The monoisotopic (exact) mass is 415 g/mol. The van der Waals surface area contributed by atoms with Crippen molar-refractivity contribution in [2.75, 3.05) is 19.6 Å². The second kappa shape index (κ2) is 9.03. The Morgan fingerprint density at radius 1 is 1.35 bits per heavy atom. The molecule has 6 nitrogen and oxygen atoms in total. The molecule has 11 heteroatoms. The molecular weight excluding hydrogens is 395 g/mol. The maximum absolute atomic E-state index is 12.7. The Morgan fingerprint density at radius 2 is 2.04 bits per heavy atom. The van der Waals surface area contributed by atoms with E-state index in [9.17, 15) is 26.4 Å². The minimum Gasteiger partial charge on any atom is -0.351 e. The number of piperidine rings is 1. The summed E-state index contributed by atoms with van der Waals surface area (Å²) in [4.78, 5) is 11.4. The predicted octanol–water partition coefficient (Wildman–Crippen LogP) is 1.52. The molecule has 1 aromatic carbocycles. The highest BCUT2D eigenvalue weighted by atomic mass is 35.5. The molecule has 0 bridgehead atoms. The quantitative estimate of drug-likeness (QED) is 0.680. The van der Waals surface area contributed by atoms with E-state index in [1.165, 1.54) is 0 Å². The summed E-state index contributed by atoms with van der Waals surface area (Å²) in [6, 6.07) is 3.26. The van der Waals surface area contributed by atoms with Crippen LogP contribution in [0.3, 0.4) is 0 Å². The summed E-state index contributed by atoms with van der Waals surface area (Å²) < 4.78 is 64.3. The van der Waals surface area contributed by atoms with Gasteiger partial charge in [-0.15, -0.1) is 12.4 Å². The van der Waals surface area contributed by atoms with Crippen LogP contribution in [0.4, 0.5) is 13.2 Å². The van der Waals surface area contributed by atoms with E-state index in [4.69, 9.17) is 0 Å². The third-order valence-corrected chi connectivity index (χ3v) is 5.47. The average molecular weight is 416 g/mol. The maximum Gasteiger partial charge on any atom is 0.416 e. The van der Waals surface area contributed by atoms with Gasteiger partial charge in [-0.2, -0.15) is 13.2 Å². The van der Waals surface area contributed by atoms with Gasteiger partial charge in [0.1, 0.15) is 0 Å². The molecule has 2 atom stereocenters. The van der Waals surface area contributed by atoms with E-state index in [2.05, 4.69) is 10.6 Å². The van der Waals surface area contributed by atoms with Crippen molar-refractivity contribution >= 4 is 28.3 Å². The average Bonchev–Trinajstić information content (AvgIpc) is 2.55. The molecule has 1 aliphatic rings. The van der Waals surface area contributed by atoms with Crippen molar-refractivity contribution in [3.8, 4) is 0 Å². The molecule has 1 amide bonds. The lowest BCUT2D eigenvalue weighted by molar-refractivity contribution is -0.137. The van der Waals surface area contributed by atoms with Crippen LogP contribution in [0.2, 0.25) is 0 Å². The fraction of sp³-hybridized carbons (Fsp3) is 0.533. The summed E-state index contributed by atoms with van der Waals surface area (Å²) in [5.41, 5.74) is -1.07. The fourth-order valence-corrected chi connectivity index (χ4v) is 3.55. The predicted molar refractivity (Wildman–Crippen MR) is 92.5 cm³/mol. The number of hydrogen-bond acceptors (Lipinski definition) is 4. The molecule has 0 radical (unpaired) electrons. The number of rotatable bonds is 5. The lowest BCUT2D eigenvalue weighted by Gasteiger charge is -2.30. The number of amides is 1. The summed E-state index contributed by atoms with van der Waals surface area (Å²) in [6.07, 6.45) is -3.76. The van der Waals surface area contributed by atoms with Crippen LogP contribution in [-0.2, 0) is 21.0 Å². The number of carbonyl (C=O) groups excluding carboxylic acids is 1. The van der Waals surface area contributed by atoms with Gasteiger partial charge in [0, 0.05) is 12.6 Å². The van der Waals surface area contributed by atoms with Crippen molar-refractivity contribution in [2.24, 2.45) is 5.92 Å². The molecular formula is C15H21ClF3N3O3S. The van der Waals surface area contributed by atoms with Crippen molar-refractivity contribution in [1.82, 2.24) is 15.4 Å². The number of sulfonamides is 1. The van der Waals surface area contributed by atoms with E-state index in [0.717, 1.165) is 31.2 Å². The number of alkyl halides is 3. The zero-order valence-electron chi connectivity index (χ0n) is 14.0.